The minimum absolute atomic E-state index is 0.0658. The summed E-state index contributed by atoms with van der Waals surface area (Å²) in [6, 6.07) is 6.85. The van der Waals surface area contributed by atoms with E-state index in [2.05, 4.69) is 4.98 Å². The van der Waals surface area contributed by atoms with Crippen LogP contribution in [0, 0.1) is 10.1 Å². The summed E-state index contributed by atoms with van der Waals surface area (Å²) < 4.78 is 4.88. The molecule has 0 saturated carbocycles. The van der Waals surface area contributed by atoms with E-state index in [0.29, 0.717) is 23.2 Å². The standard InChI is InChI=1S/C13H13N3O3/c1-19-8-4-7-11-12(14)13(16(17)18)9-5-2-3-6-10(9)15-11/h2-7H,8,14H2,1H3. The number of nitrogen functional groups attached to an aromatic ring is 1. The van der Waals surface area contributed by atoms with Crippen molar-refractivity contribution in [1.29, 1.82) is 0 Å². The van der Waals surface area contributed by atoms with Gasteiger partial charge in [0, 0.05) is 7.11 Å². The summed E-state index contributed by atoms with van der Waals surface area (Å²) in [5.41, 5.74) is 6.71. The highest BCUT2D eigenvalue weighted by Crippen LogP contribution is 2.32. The second kappa shape index (κ2) is 5.45. The molecule has 1 aromatic heterocycles. The van der Waals surface area contributed by atoms with Gasteiger partial charge in [-0.25, -0.2) is 4.98 Å². The summed E-state index contributed by atoms with van der Waals surface area (Å²) in [4.78, 5) is 15.0. The van der Waals surface area contributed by atoms with E-state index in [-0.39, 0.29) is 11.4 Å². The molecule has 0 bridgehead atoms. The first-order chi connectivity index (χ1) is 9.15. The predicted molar refractivity (Wildman–Crippen MR) is 73.7 cm³/mol. The third kappa shape index (κ3) is 2.53. The molecular weight excluding hydrogens is 246 g/mol. The van der Waals surface area contributed by atoms with Crippen LogP contribution in [0.5, 0.6) is 0 Å². The summed E-state index contributed by atoms with van der Waals surface area (Å²) in [5, 5.41) is 11.6. The van der Waals surface area contributed by atoms with Crippen molar-refractivity contribution in [2.24, 2.45) is 0 Å². The Morgan fingerprint density at radius 3 is 2.89 bits per heavy atom. The number of benzene rings is 1. The number of anilines is 1. The van der Waals surface area contributed by atoms with Crippen molar-refractivity contribution >= 4 is 28.4 Å². The Bertz CT molecular complexity index is 653. The molecule has 6 heteroatoms. The van der Waals surface area contributed by atoms with E-state index in [1.807, 2.05) is 0 Å². The van der Waals surface area contributed by atoms with Crippen LogP contribution in [0.2, 0.25) is 0 Å². The molecule has 19 heavy (non-hydrogen) atoms. The number of pyridine rings is 1. The lowest BCUT2D eigenvalue weighted by Crippen LogP contribution is -2.01. The van der Waals surface area contributed by atoms with Crippen molar-refractivity contribution in [1.82, 2.24) is 4.98 Å². The molecule has 0 radical (unpaired) electrons. The zero-order chi connectivity index (χ0) is 13.8. The molecule has 2 N–H and O–H groups in total. The van der Waals surface area contributed by atoms with Crippen molar-refractivity contribution < 1.29 is 9.66 Å². The number of ether oxygens (including phenoxy) is 1. The maximum absolute atomic E-state index is 11.2. The molecule has 0 unspecified atom stereocenters. The number of para-hydroxylation sites is 1. The second-order valence-electron chi connectivity index (χ2n) is 3.89. The number of aromatic nitrogens is 1. The minimum atomic E-state index is -0.479. The smallest absolute Gasteiger partial charge is 0.303 e. The van der Waals surface area contributed by atoms with Gasteiger partial charge in [0.05, 0.1) is 28.1 Å². The van der Waals surface area contributed by atoms with Crippen LogP contribution in [-0.4, -0.2) is 23.6 Å². The van der Waals surface area contributed by atoms with Crippen LogP contribution in [0.25, 0.3) is 17.0 Å². The Morgan fingerprint density at radius 1 is 1.47 bits per heavy atom. The van der Waals surface area contributed by atoms with E-state index >= 15 is 0 Å². The first-order valence-electron chi connectivity index (χ1n) is 5.63. The van der Waals surface area contributed by atoms with Crippen molar-refractivity contribution in [3.8, 4) is 0 Å². The maximum atomic E-state index is 11.2. The number of hydrogen-bond donors (Lipinski definition) is 1. The van der Waals surface area contributed by atoms with Crippen LogP contribution < -0.4 is 5.73 Å². The maximum Gasteiger partial charge on any atom is 0.303 e. The molecule has 98 valence electrons. The van der Waals surface area contributed by atoms with Gasteiger partial charge in [-0.15, -0.1) is 0 Å². The van der Waals surface area contributed by atoms with E-state index in [0.717, 1.165) is 0 Å². The number of rotatable bonds is 4. The third-order valence-corrected chi connectivity index (χ3v) is 2.65. The molecular formula is C13H13N3O3. The zero-order valence-electron chi connectivity index (χ0n) is 10.4. The van der Waals surface area contributed by atoms with Gasteiger partial charge in [0.2, 0.25) is 0 Å². The molecule has 0 aliphatic carbocycles. The van der Waals surface area contributed by atoms with Crippen LogP contribution in [0.15, 0.2) is 30.3 Å². The Labute approximate surface area is 109 Å². The molecule has 6 nitrogen and oxygen atoms in total. The van der Waals surface area contributed by atoms with Gasteiger partial charge in [-0.1, -0.05) is 18.2 Å². The lowest BCUT2D eigenvalue weighted by Gasteiger charge is -2.05. The van der Waals surface area contributed by atoms with Crippen LogP contribution in [0.3, 0.4) is 0 Å². The SMILES string of the molecule is COCC=Cc1nc2ccccc2c([N+](=O)[O-])c1N. The first-order valence-corrected chi connectivity index (χ1v) is 5.63. The van der Waals surface area contributed by atoms with Crippen LogP contribution in [-0.2, 0) is 4.74 Å². The van der Waals surface area contributed by atoms with Gasteiger partial charge >= 0.3 is 5.69 Å². The fourth-order valence-corrected chi connectivity index (χ4v) is 1.81. The number of fused-ring (bicyclic) bond motifs is 1. The van der Waals surface area contributed by atoms with Crippen LogP contribution >= 0.6 is 0 Å². The Balaban J connectivity index is 2.66. The monoisotopic (exact) mass is 259 g/mol. The third-order valence-electron chi connectivity index (χ3n) is 2.65. The molecule has 1 heterocycles. The number of nitrogens with zero attached hydrogens (tertiary/aromatic N) is 2. The minimum Gasteiger partial charge on any atom is -0.391 e. The van der Waals surface area contributed by atoms with Crippen molar-refractivity contribution in [3.63, 3.8) is 0 Å². The Hall–Kier alpha value is -2.47. The van der Waals surface area contributed by atoms with Gasteiger partial charge in [0.15, 0.2) is 0 Å². The molecule has 0 amide bonds. The highest BCUT2D eigenvalue weighted by molar-refractivity contribution is 5.95. The lowest BCUT2D eigenvalue weighted by atomic mass is 10.1. The summed E-state index contributed by atoms with van der Waals surface area (Å²) in [6.07, 6.45) is 3.33. The summed E-state index contributed by atoms with van der Waals surface area (Å²) in [6.45, 7) is 0.391. The topological polar surface area (TPSA) is 91.3 Å². The summed E-state index contributed by atoms with van der Waals surface area (Å²) >= 11 is 0. The highest BCUT2D eigenvalue weighted by Gasteiger charge is 2.20. The molecule has 0 saturated heterocycles. The van der Waals surface area contributed by atoms with Crippen molar-refractivity contribution in [2.45, 2.75) is 0 Å². The van der Waals surface area contributed by atoms with Gasteiger partial charge < -0.3 is 10.5 Å². The van der Waals surface area contributed by atoms with Crippen LogP contribution in [0.4, 0.5) is 11.4 Å². The summed E-state index contributed by atoms with van der Waals surface area (Å²) in [5.74, 6) is 0. The number of hydrogen-bond acceptors (Lipinski definition) is 5. The van der Waals surface area contributed by atoms with Gasteiger partial charge in [-0.2, -0.15) is 0 Å². The van der Waals surface area contributed by atoms with E-state index in [9.17, 15) is 10.1 Å². The van der Waals surface area contributed by atoms with Gasteiger partial charge in [0.25, 0.3) is 0 Å². The molecule has 0 aliphatic heterocycles. The molecule has 0 fully saturated rings. The molecule has 2 aromatic rings. The molecule has 2 rings (SSSR count). The van der Waals surface area contributed by atoms with E-state index in [1.54, 1.807) is 43.5 Å². The Morgan fingerprint density at radius 2 is 2.21 bits per heavy atom. The molecule has 0 aliphatic rings. The van der Waals surface area contributed by atoms with Gasteiger partial charge in [0.1, 0.15) is 5.69 Å². The average Bonchev–Trinajstić information content (AvgIpc) is 2.39. The van der Waals surface area contributed by atoms with Crippen molar-refractivity contribution in [2.75, 3.05) is 19.5 Å². The van der Waals surface area contributed by atoms with Gasteiger partial charge in [-0.05, 0) is 18.2 Å². The lowest BCUT2D eigenvalue weighted by molar-refractivity contribution is -0.382. The average molecular weight is 259 g/mol. The summed E-state index contributed by atoms with van der Waals surface area (Å²) in [7, 11) is 1.56. The van der Waals surface area contributed by atoms with Gasteiger partial charge in [-0.3, -0.25) is 10.1 Å². The van der Waals surface area contributed by atoms with E-state index in [4.69, 9.17) is 10.5 Å². The quantitative estimate of drug-likeness (QED) is 0.672. The Kier molecular flexibility index (Phi) is 3.72. The van der Waals surface area contributed by atoms with E-state index in [1.165, 1.54) is 0 Å². The first kappa shape index (κ1) is 13.0. The van der Waals surface area contributed by atoms with E-state index < -0.39 is 4.92 Å². The molecule has 0 spiro atoms. The predicted octanol–water partition coefficient (Wildman–Crippen LogP) is 2.38. The molecule has 0 atom stereocenters. The molecule has 1 aromatic carbocycles. The zero-order valence-corrected chi connectivity index (χ0v) is 10.4. The van der Waals surface area contributed by atoms with Crippen LogP contribution in [0.1, 0.15) is 5.69 Å². The largest absolute Gasteiger partial charge is 0.391 e. The number of nitro groups is 1. The fraction of sp³-hybridized carbons (Fsp3) is 0.154. The normalized spacial score (nSPS) is 11.2. The highest BCUT2D eigenvalue weighted by atomic mass is 16.6. The van der Waals surface area contributed by atoms with Crippen molar-refractivity contribution in [3.05, 3.63) is 46.1 Å². The number of nitrogens with two attached hydrogens (primary N) is 1. The second-order valence-corrected chi connectivity index (χ2v) is 3.89. The fourth-order valence-electron chi connectivity index (χ4n) is 1.81. The number of methoxy groups -OCH3 is 1.